The molecule has 0 radical (unpaired) electrons. The zero-order chi connectivity index (χ0) is 21.6. The number of nitriles is 1. The molecule has 1 heterocycles. The first-order chi connectivity index (χ1) is 14.5. The Morgan fingerprint density at radius 1 is 1.13 bits per heavy atom. The number of anilines is 1. The zero-order valence-corrected chi connectivity index (χ0v) is 17.4. The van der Waals surface area contributed by atoms with Gasteiger partial charge in [0.15, 0.2) is 0 Å². The lowest BCUT2D eigenvalue weighted by atomic mass is 10.2. The van der Waals surface area contributed by atoms with E-state index in [1.165, 1.54) is 16.4 Å². The van der Waals surface area contributed by atoms with Crippen LogP contribution in [0, 0.1) is 11.3 Å². The average Bonchev–Trinajstić information content (AvgIpc) is 3.04. The van der Waals surface area contributed by atoms with Crippen molar-refractivity contribution in [3.05, 3.63) is 72.3 Å². The van der Waals surface area contributed by atoms with Crippen molar-refractivity contribution in [2.75, 3.05) is 37.6 Å². The van der Waals surface area contributed by atoms with Gasteiger partial charge in [-0.2, -0.15) is 9.57 Å². The van der Waals surface area contributed by atoms with Gasteiger partial charge >= 0.3 is 0 Å². The van der Waals surface area contributed by atoms with Crippen LogP contribution in [-0.2, 0) is 10.0 Å². The van der Waals surface area contributed by atoms with Crippen molar-refractivity contribution >= 4 is 21.6 Å². The lowest BCUT2D eigenvalue weighted by molar-refractivity contribution is 0.0958. The first kappa shape index (κ1) is 21.6. The third-order valence-corrected chi connectivity index (χ3v) is 6.85. The van der Waals surface area contributed by atoms with Crippen molar-refractivity contribution in [2.24, 2.45) is 0 Å². The van der Waals surface area contributed by atoms with E-state index in [4.69, 9.17) is 5.26 Å². The Morgan fingerprint density at radius 2 is 1.90 bits per heavy atom. The fraction of sp³-hybridized carbons (Fsp3) is 0.273. The van der Waals surface area contributed by atoms with Gasteiger partial charge in [0, 0.05) is 44.0 Å². The molecule has 156 valence electrons. The van der Waals surface area contributed by atoms with Crippen molar-refractivity contribution in [1.82, 2.24) is 9.62 Å². The van der Waals surface area contributed by atoms with Crippen molar-refractivity contribution in [3.8, 4) is 6.07 Å². The highest BCUT2D eigenvalue weighted by atomic mass is 32.2. The predicted molar refractivity (Wildman–Crippen MR) is 116 cm³/mol. The molecular formula is C22H24N4O3S. The highest BCUT2D eigenvalue weighted by Gasteiger charge is 2.27. The first-order valence-electron chi connectivity index (χ1n) is 9.70. The number of carbonyl (C=O) groups is 1. The van der Waals surface area contributed by atoms with Gasteiger partial charge in [0.2, 0.25) is 10.0 Å². The highest BCUT2D eigenvalue weighted by molar-refractivity contribution is 7.89. The van der Waals surface area contributed by atoms with E-state index in [-0.39, 0.29) is 10.8 Å². The second kappa shape index (κ2) is 9.57. The van der Waals surface area contributed by atoms with Gasteiger partial charge in [-0.15, -0.1) is 6.58 Å². The van der Waals surface area contributed by atoms with Gasteiger partial charge < -0.3 is 10.2 Å². The third kappa shape index (κ3) is 4.87. The van der Waals surface area contributed by atoms with Gasteiger partial charge in [-0.25, -0.2) is 8.42 Å². The maximum Gasteiger partial charge on any atom is 0.251 e. The maximum absolute atomic E-state index is 13.2. The fourth-order valence-electron chi connectivity index (χ4n) is 3.35. The lowest BCUT2D eigenvalue weighted by Gasteiger charge is -2.23. The number of amides is 1. The van der Waals surface area contributed by atoms with E-state index in [9.17, 15) is 13.2 Å². The molecule has 0 saturated carbocycles. The number of hydrogen-bond donors (Lipinski definition) is 1. The number of sulfonamides is 1. The number of rotatable bonds is 6. The van der Waals surface area contributed by atoms with Crippen LogP contribution in [0.25, 0.3) is 0 Å². The summed E-state index contributed by atoms with van der Waals surface area (Å²) >= 11 is 0. The van der Waals surface area contributed by atoms with Gasteiger partial charge in [0.25, 0.3) is 5.91 Å². The molecule has 0 atom stereocenters. The summed E-state index contributed by atoms with van der Waals surface area (Å²) < 4.78 is 27.8. The minimum Gasteiger partial charge on any atom is -0.370 e. The molecule has 2 aromatic rings. The molecule has 1 aliphatic heterocycles. The molecule has 1 amide bonds. The van der Waals surface area contributed by atoms with Crippen LogP contribution >= 0.6 is 0 Å². The molecule has 1 N–H and O–H groups in total. The molecule has 8 heteroatoms. The van der Waals surface area contributed by atoms with E-state index < -0.39 is 10.0 Å². The van der Waals surface area contributed by atoms with Crippen molar-refractivity contribution in [3.63, 3.8) is 0 Å². The van der Waals surface area contributed by atoms with Crippen LogP contribution in [0.5, 0.6) is 0 Å². The molecule has 3 rings (SSSR count). The molecule has 1 fully saturated rings. The molecule has 0 spiro atoms. The number of nitrogens with one attached hydrogen (secondary N) is 1. The average molecular weight is 425 g/mol. The molecule has 0 bridgehead atoms. The second-order valence-electron chi connectivity index (χ2n) is 6.93. The topological polar surface area (TPSA) is 93.5 Å². The molecule has 0 aromatic heterocycles. The van der Waals surface area contributed by atoms with Crippen LogP contribution in [0.2, 0.25) is 0 Å². The van der Waals surface area contributed by atoms with Gasteiger partial charge in [-0.3, -0.25) is 4.79 Å². The normalized spacial score (nSPS) is 15.1. The maximum atomic E-state index is 13.2. The summed E-state index contributed by atoms with van der Waals surface area (Å²) in [7, 11) is -3.71. The Morgan fingerprint density at radius 3 is 2.60 bits per heavy atom. The summed E-state index contributed by atoms with van der Waals surface area (Å²) in [5.74, 6) is -0.338. The second-order valence-corrected chi connectivity index (χ2v) is 8.87. The standard InChI is InChI=1S/C22H24N4O3S/c1-2-11-24-22(27)19-5-3-6-21(16-19)30(28,29)26-13-4-12-25(14-15-26)20-9-7-18(17-23)8-10-20/h2-3,5-10,16H,1,4,11-15H2,(H,24,27). The van der Waals surface area contributed by atoms with E-state index in [1.54, 1.807) is 30.3 Å². The van der Waals surface area contributed by atoms with Gasteiger partial charge in [-0.1, -0.05) is 12.1 Å². The van der Waals surface area contributed by atoms with Crippen LogP contribution in [0.1, 0.15) is 22.3 Å². The number of benzene rings is 2. The summed E-state index contributed by atoms with van der Waals surface area (Å²) in [5, 5.41) is 11.6. The molecular weight excluding hydrogens is 400 g/mol. The Kier molecular flexibility index (Phi) is 6.87. The number of hydrogen-bond acceptors (Lipinski definition) is 5. The van der Waals surface area contributed by atoms with E-state index in [2.05, 4.69) is 22.9 Å². The number of nitrogens with zero attached hydrogens (tertiary/aromatic N) is 3. The Hall–Kier alpha value is -3.15. The van der Waals surface area contributed by atoms with Crippen LogP contribution in [0.15, 0.2) is 66.1 Å². The van der Waals surface area contributed by atoms with E-state index in [0.29, 0.717) is 43.7 Å². The summed E-state index contributed by atoms with van der Waals surface area (Å²) in [6.07, 6.45) is 2.24. The van der Waals surface area contributed by atoms with Gasteiger partial charge in [0.05, 0.1) is 16.5 Å². The monoisotopic (exact) mass is 424 g/mol. The summed E-state index contributed by atoms with van der Waals surface area (Å²) in [5.41, 5.74) is 1.86. The van der Waals surface area contributed by atoms with Crippen molar-refractivity contribution < 1.29 is 13.2 Å². The van der Waals surface area contributed by atoms with Crippen molar-refractivity contribution in [2.45, 2.75) is 11.3 Å². The predicted octanol–water partition coefficient (Wildman–Crippen LogP) is 2.38. The van der Waals surface area contributed by atoms with Gasteiger partial charge in [-0.05, 0) is 48.9 Å². The fourth-order valence-corrected chi connectivity index (χ4v) is 4.87. The quantitative estimate of drug-likeness (QED) is 0.719. The molecule has 7 nitrogen and oxygen atoms in total. The van der Waals surface area contributed by atoms with Crippen LogP contribution in [0.3, 0.4) is 0 Å². The van der Waals surface area contributed by atoms with E-state index in [0.717, 1.165) is 12.2 Å². The van der Waals surface area contributed by atoms with E-state index in [1.807, 2.05) is 12.1 Å². The Labute approximate surface area is 177 Å². The smallest absolute Gasteiger partial charge is 0.251 e. The minimum atomic E-state index is -3.71. The van der Waals surface area contributed by atoms with Crippen LogP contribution < -0.4 is 10.2 Å². The van der Waals surface area contributed by atoms with E-state index >= 15 is 0 Å². The highest BCUT2D eigenvalue weighted by Crippen LogP contribution is 2.22. The SMILES string of the molecule is C=CCNC(=O)c1cccc(S(=O)(=O)N2CCCN(c3ccc(C#N)cc3)CC2)c1. The Balaban J connectivity index is 1.74. The number of carbonyl (C=O) groups excluding carboxylic acids is 1. The largest absolute Gasteiger partial charge is 0.370 e. The van der Waals surface area contributed by atoms with Crippen molar-refractivity contribution in [1.29, 1.82) is 5.26 Å². The van der Waals surface area contributed by atoms with Crippen LogP contribution in [-0.4, -0.2) is 51.4 Å². The summed E-state index contributed by atoms with van der Waals surface area (Å²) in [6.45, 7) is 5.88. The molecule has 1 saturated heterocycles. The molecule has 1 aliphatic rings. The Bertz CT molecular complexity index is 1060. The lowest BCUT2D eigenvalue weighted by Crippen LogP contribution is -2.35. The molecule has 0 aliphatic carbocycles. The molecule has 0 unspecified atom stereocenters. The minimum absolute atomic E-state index is 0.112. The summed E-state index contributed by atoms with van der Waals surface area (Å²) in [6, 6.07) is 15.5. The van der Waals surface area contributed by atoms with Crippen LogP contribution in [0.4, 0.5) is 5.69 Å². The molecule has 2 aromatic carbocycles. The summed E-state index contributed by atoms with van der Waals surface area (Å²) in [4.78, 5) is 14.4. The zero-order valence-electron chi connectivity index (χ0n) is 16.6. The third-order valence-electron chi connectivity index (χ3n) is 4.96. The van der Waals surface area contributed by atoms with Gasteiger partial charge in [0.1, 0.15) is 0 Å². The first-order valence-corrected chi connectivity index (χ1v) is 11.1. The molecule has 30 heavy (non-hydrogen) atoms.